The summed E-state index contributed by atoms with van der Waals surface area (Å²) in [7, 11) is -1.26. The lowest BCUT2D eigenvalue weighted by atomic mass is 10.2. The fourth-order valence-corrected chi connectivity index (χ4v) is 3.14. The maximum Gasteiger partial charge on any atom is 0.141 e. The summed E-state index contributed by atoms with van der Waals surface area (Å²) in [6.07, 6.45) is 0.536. The van der Waals surface area contributed by atoms with E-state index in [2.05, 4.69) is 5.32 Å². The van der Waals surface area contributed by atoms with Crippen molar-refractivity contribution < 1.29 is 13.7 Å². The molecule has 0 aliphatic heterocycles. The van der Waals surface area contributed by atoms with Crippen LogP contribution in [0.3, 0.4) is 0 Å². The third-order valence-corrected chi connectivity index (χ3v) is 4.25. The Morgan fingerprint density at radius 2 is 2.28 bits per heavy atom. The fourth-order valence-electron chi connectivity index (χ4n) is 1.59. The molecule has 0 fully saturated rings. The first-order valence-electron chi connectivity index (χ1n) is 5.76. The average Bonchev–Trinajstić information content (AvgIpc) is 2.33. The number of halogens is 2. The Bertz CT molecular complexity index is 411. The van der Waals surface area contributed by atoms with E-state index in [4.69, 9.17) is 16.7 Å². The molecule has 102 valence electrons. The SMILES string of the molecule is CCNC(CCO)CS(=O)c1ccc(F)c(Cl)c1. The van der Waals surface area contributed by atoms with Gasteiger partial charge in [0, 0.05) is 23.3 Å². The lowest BCUT2D eigenvalue weighted by Crippen LogP contribution is -2.34. The van der Waals surface area contributed by atoms with E-state index in [0.29, 0.717) is 17.1 Å². The van der Waals surface area contributed by atoms with E-state index in [9.17, 15) is 8.60 Å². The molecule has 6 heteroatoms. The molecule has 0 aliphatic carbocycles. The van der Waals surface area contributed by atoms with Crippen LogP contribution in [0.4, 0.5) is 4.39 Å². The lowest BCUT2D eigenvalue weighted by Gasteiger charge is -2.16. The Morgan fingerprint density at radius 1 is 1.56 bits per heavy atom. The molecule has 2 atom stereocenters. The van der Waals surface area contributed by atoms with Gasteiger partial charge in [0.15, 0.2) is 0 Å². The number of hydrogen-bond donors (Lipinski definition) is 2. The Hall–Kier alpha value is -0.490. The molecule has 0 bridgehead atoms. The summed E-state index contributed by atoms with van der Waals surface area (Å²) < 4.78 is 25.1. The Morgan fingerprint density at radius 3 is 2.83 bits per heavy atom. The molecular formula is C12H17ClFNO2S. The predicted molar refractivity (Wildman–Crippen MR) is 71.9 cm³/mol. The molecule has 0 aliphatic rings. The topological polar surface area (TPSA) is 49.3 Å². The first-order valence-corrected chi connectivity index (χ1v) is 7.45. The van der Waals surface area contributed by atoms with Crippen molar-refractivity contribution in [2.75, 3.05) is 18.9 Å². The van der Waals surface area contributed by atoms with Crippen LogP contribution >= 0.6 is 11.6 Å². The van der Waals surface area contributed by atoms with Gasteiger partial charge in [0.25, 0.3) is 0 Å². The van der Waals surface area contributed by atoms with E-state index < -0.39 is 16.6 Å². The van der Waals surface area contributed by atoms with Crippen molar-refractivity contribution in [3.05, 3.63) is 29.0 Å². The molecule has 18 heavy (non-hydrogen) atoms. The van der Waals surface area contributed by atoms with Crippen LogP contribution in [-0.4, -0.2) is 34.3 Å². The van der Waals surface area contributed by atoms with Crippen molar-refractivity contribution in [2.24, 2.45) is 0 Å². The third-order valence-electron chi connectivity index (χ3n) is 2.48. The minimum Gasteiger partial charge on any atom is -0.396 e. The van der Waals surface area contributed by atoms with Gasteiger partial charge in [-0.25, -0.2) is 4.39 Å². The van der Waals surface area contributed by atoms with Gasteiger partial charge in [-0.05, 0) is 31.2 Å². The normalized spacial score (nSPS) is 14.4. The Labute approximate surface area is 114 Å². The first-order chi connectivity index (χ1) is 8.58. The van der Waals surface area contributed by atoms with Gasteiger partial charge < -0.3 is 10.4 Å². The van der Waals surface area contributed by atoms with E-state index in [0.717, 1.165) is 6.54 Å². The summed E-state index contributed by atoms with van der Waals surface area (Å²) in [5.74, 6) is -0.146. The summed E-state index contributed by atoms with van der Waals surface area (Å²) in [6.45, 7) is 2.73. The summed E-state index contributed by atoms with van der Waals surface area (Å²) in [4.78, 5) is 0.502. The van der Waals surface area contributed by atoms with Crippen LogP contribution in [0.25, 0.3) is 0 Å². The molecule has 1 rings (SSSR count). The van der Waals surface area contributed by atoms with Gasteiger partial charge >= 0.3 is 0 Å². The molecule has 0 aromatic heterocycles. The number of rotatable bonds is 7. The maximum absolute atomic E-state index is 13.0. The molecule has 2 N–H and O–H groups in total. The highest BCUT2D eigenvalue weighted by molar-refractivity contribution is 7.85. The standard InChI is InChI=1S/C12H17ClFNO2S/c1-2-15-9(5-6-16)8-18(17)10-3-4-12(14)11(13)7-10/h3-4,7,9,15-16H,2,5-6,8H2,1H3. The minimum absolute atomic E-state index is 0.0235. The van der Waals surface area contributed by atoms with Crippen molar-refractivity contribution in [2.45, 2.75) is 24.3 Å². The van der Waals surface area contributed by atoms with Crippen LogP contribution in [0, 0.1) is 5.82 Å². The highest BCUT2D eigenvalue weighted by atomic mass is 35.5. The smallest absolute Gasteiger partial charge is 0.141 e. The van der Waals surface area contributed by atoms with Crippen LogP contribution in [0.5, 0.6) is 0 Å². The monoisotopic (exact) mass is 293 g/mol. The van der Waals surface area contributed by atoms with Gasteiger partial charge in [-0.15, -0.1) is 0 Å². The summed E-state index contributed by atoms with van der Waals surface area (Å²) in [6, 6.07) is 4.04. The zero-order valence-electron chi connectivity index (χ0n) is 10.2. The molecule has 3 nitrogen and oxygen atoms in total. The van der Waals surface area contributed by atoms with Crippen LogP contribution < -0.4 is 5.32 Å². The first kappa shape index (κ1) is 15.6. The fraction of sp³-hybridized carbons (Fsp3) is 0.500. The maximum atomic E-state index is 13.0. The van der Waals surface area contributed by atoms with Gasteiger partial charge in [0.2, 0.25) is 0 Å². The zero-order chi connectivity index (χ0) is 13.5. The molecule has 0 radical (unpaired) electrons. The molecule has 0 saturated heterocycles. The van der Waals surface area contributed by atoms with E-state index in [1.807, 2.05) is 6.92 Å². The van der Waals surface area contributed by atoms with Gasteiger partial charge in [-0.2, -0.15) is 0 Å². The molecular weight excluding hydrogens is 277 g/mol. The molecule has 0 saturated carbocycles. The van der Waals surface area contributed by atoms with Gasteiger partial charge in [0.05, 0.1) is 15.8 Å². The van der Waals surface area contributed by atoms with Crippen molar-refractivity contribution in [1.82, 2.24) is 5.32 Å². The Balaban J connectivity index is 2.70. The molecule has 1 aromatic carbocycles. The summed E-state index contributed by atoms with van der Waals surface area (Å²) >= 11 is 5.65. The van der Waals surface area contributed by atoms with Crippen molar-refractivity contribution in [1.29, 1.82) is 0 Å². The number of nitrogens with one attached hydrogen (secondary N) is 1. The van der Waals surface area contributed by atoms with E-state index >= 15 is 0 Å². The third kappa shape index (κ3) is 4.65. The summed E-state index contributed by atoms with van der Waals surface area (Å²) in [5, 5.41) is 12.0. The minimum atomic E-state index is -1.26. The number of aliphatic hydroxyl groups is 1. The zero-order valence-corrected chi connectivity index (χ0v) is 11.7. The van der Waals surface area contributed by atoms with E-state index in [1.165, 1.54) is 18.2 Å². The van der Waals surface area contributed by atoms with Crippen molar-refractivity contribution in [3.8, 4) is 0 Å². The van der Waals surface area contributed by atoms with Crippen molar-refractivity contribution in [3.63, 3.8) is 0 Å². The second kappa shape index (κ2) is 7.84. The van der Waals surface area contributed by atoms with Crippen LogP contribution in [-0.2, 0) is 10.8 Å². The number of hydrogen-bond acceptors (Lipinski definition) is 3. The average molecular weight is 294 g/mol. The molecule has 1 aromatic rings. The van der Waals surface area contributed by atoms with Gasteiger partial charge in [0.1, 0.15) is 5.82 Å². The highest BCUT2D eigenvalue weighted by Crippen LogP contribution is 2.19. The largest absolute Gasteiger partial charge is 0.396 e. The number of aliphatic hydroxyl groups excluding tert-OH is 1. The second-order valence-electron chi connectivity index (χ2n) is 3.85. The Kier molecular flexibility index (Phi) is 6.78. The molecule has 0 heterocycles. The molecule has 0 spiro atoms. The predicted octanol–water partition coefficient (Wildman–Crippen LogP) is 1.95. The van der Waals surface area contributed by atoms with Gasteiger partial charge in [-0.1, -0.05) is 18.5 Å². The van der Waals surface area contributed by atoms with Crippen LogP contribution in [0.2, 0.25) is 5.02 Å². The summed E-state index contributed by atoms with van der Waals surface area (Å²) in [5.41, 5.74) is 0. The van der Waals surface area contributed by atoms with E-state index in [-0.39, 0.29) is 17.7 Å². The molecule has 2 unspecified atom stereocenters. The quantitative estimate of drug-likeness (QED) is 0.808. The second-order valence-corrected chi connectivity index (χ2v) is 5.76. The van der Waals surface area contributed by atoms with Crippen LogP contribution in [0.15, 0.2) is 23.1 Å². The number of benzene rings is 1. The van der Waals surface area contributed by atoms with Gasteiger partial charge in [-0.3, -0.25) is 4.21 Å². The van der Waals surface area contributed by atoms with E-state index in [1.54, 1.807) is 0 Å². The van der Waals surface area contributed by atoms with Crippen LogP contribution in [0.1, 0.15) is 13.3 Å². The lowest BCUT2D eigenvalue weighted by molar-refractivity contribution is 0.270. The van der Waals surface area contributed by atoms with Crippen molar-refractivity contribution >= 4 is 22.4 Å². The molecule has 0 amide bonds. The highest BCUT2D eigenvalue weighted by Gasteiger charge is 2.14.